The number of carbonyl (C=O) groups is 1. The number of amides is 1. The second kappa shape index (κ2) is 9.06. The molecule has 0 saturated heterocycles. The minimum Gasteiger partial charge on any atom is -0.351 e. The van der Waals surface area contributed by atoms with Gasteiger partial charge in [0.05, 0.1) is 36.1 Å². The summed E-state index contributed by atoms with van der Waals surface area (Å²) in [4.78, 5) is 21.6. The second-order valence-corrected chi connectivity index (χ2v) is 8.35. The third-order valence-electron chi connectivity index (χ3n) is 4.40. The smallest absolute Gasteiger partial charge is 0.230 e. The van der Waals surface area contributed by atoms with Crippen LogP contribution in [0, 0.1) is 0 Å². The Morgan fingerprint density at radius 3 is 2.59 bits per heavy atom. The first-order valence-electron chi connectivity index (χ1n) is 9.21. The molecule has 0 aliphatic rings. The molecule has 0 saturated carbocycles. The number of hydrogen-bond donors (Lipinski definition) is 3. The Morgan fingerprint density at radius 2 is 1.85 bits per heavy atom. The molecule has 142 valence electrons. The molecule has 1 amide bonds. The normalized spacial score (nSPS) is 12.4. The molecular formula is C21H27N4OS+. The van der Waals surface area contributed by atoms with Crippen LogP contribution < -0.4 is 10.2 Å². The van der Waals surface area contributed by atoms with Gasteiger partial charge in [-0.1, -0.05) is 36.4 Å². The summed E-state index contributed by atoms with van der Waals surface area (Å²) in [6.07, 6.45) is 0. The number of thioether (sulfide) groups is 1. The van der Waals surface area contributed by atoms with Crippen LogP contribution in [0.5, 0.6) is 0 Å². The lowest BCUT2D eigenvalue weighted by Gasteiger charge is -2.13. The molecule has 0 bridgehead atoms. The van der Waals surface area contributed by atoms with Crippen LogP contribution in [0.2, 0.25) is 0 Å². The second-order valence-electron chi connectivity index (χ2n) is 7.02. The van der Waals surface area contributed by atoms with Gasteiger partial charge in [0.2, 0.25) is 5.91 Å². The summed E-state index contributed by atoms with van der Waals surface area (Å²) in [5.41, 5.74) is 4.46. The Kier molecular flexibility index (Phi) is 6.53. The number of carbonyl (C=O) groups excluding carboxylic acids is 1. The molecular weight excluding hydrogens is 356 g/mol. The minimum absolute atomic E-state index is 0.0509. The third kappa shape index (κ3) is 5.34. The number of imidazole rings is 1. The van der Waals surface area contributed by atoms with Crippen molar-refractivity contribution in [2.45, 2.75) is 25.3 Å². The highest BCUT2D eigenvalue weighted by Crippen LogP contribution is 2.27. The number of nitrogens with one attached hydrogen (secondary N) is 3. The Hall–Kier alpha value is -2.31. The summed E-state index contributed by atoms with van der Waals surface area (Å²) in [5, 5.41) is 3.18. The number of aromatic nitrogens is 2. The van der Waals surface area contributed by atoms with E-state index in [0.717, 1.165) is 23.4 Å². The van der Waals surface area contributed by atoms with Crippen LogP contribution in [0.3, 0.4) is 0 Å². The van der Waals surface area contributed by atoms with E-state index in [0.29, 0.717) is 12.3 Å². The highest BCUT2D eigenvalue weighted by Gasteiger charge is 2.14. The number of H-pyrrole nitrogens is 1. The summed E-state index contributed by atoms with van der Waals surface area (Å²) in [6.45, 7) is 3.59. The summed E-state index contributed by atoms with van der Waals surface area (Å²) in [6, 6.07) is 16.3. The van der Waals surface area contributed by atoms with E-state index >= 15 is 0 Å². The SMILES string of the molecule is C[C@@H](SCC(=O)NCc1ccccc1C[NH+](C)C)c1nc2ccccc2[nH]1. The Morgan fingerprint density at radius 1 is 1.15 bits per heavy atom. The first kappa shape index (κ1) is 19.5. The molecule has 3 rings (SSSR count). The van der Waals surface area contributed by atoms with E-state index in [1.54, 1.807) is 11.8 Å². The van der Waals surface area contributed by atoms with E-state index in [9.17, 15) is 4.79 Å². The van der Waals surface area contributed by atoms with Crippen molar-refractivity contribution in [3.8, 4) is 0 Å². The van der Waals surface area contributed by atoms with Crippen LogP contribution in [-0.4, -0.2) is 35.7 Å². The lowest BCUT2D eigenvalue weighted by molar-refractivity contribution is -0.872. The first-order chi connectivity index (χ1) is 13.0. The van der Waals surface area contributed by atoms with Crippen molar-refractivity contribution in [2.75, 3.05) is 19.8 Å². The predicted octanol–water partition coefficient (Wildman–Crippen LogP) is 2.32. The van der Waals surface area contributed by atoms with Crippen molar-refractivity contribution < 1.29 is 9.69 Å². The van der Waals surface area contributed by atoms with Gasteiger partial charge in [-0.2, -0.15) is 0 Å². The van der Waals surface area contributed by atoms with E-state index in [2.05, 4.69) is 54.5 Å². The van der Waals surface area contributed by atoms with Crippen molar-refractivity contribution in [1.29, 1.82) is 0 Å². The molecule has 0 radical (unpaired) electrons. The van der Waals surface area contributed by atoms with E-state index in [1.807, 2.05) is 30.3 Å². The predicted molar refractivity (Wildman–Crippen MR) is 112 cm³/mol. The van der Waals surface area contributed by atoms with Crippen molar-refractivity contribution in [3.05, 3.63) is 65.5 Å². The zero-order chi connectivity index (χ0) is 19.2. The quantitative estimate of drug-likeness (QED) is 0.559. The number of aromatic amines is 1. The van der Waals surface area contributed by atoms with Crippen LogP contribution in [0.15, 0.2) is 48.5 Å². The van der Waals surface area contributed by atoms with E-state index < -0.39 is 0 Å². The highest BCUT2D eigenvalue weighted by atomic mass is 32.2. The van der Waals surface area contributed by atoms with E-state index in [-0.39, 0.29) is 11.2 Å². The number of benzene rings is 2. The van der Waals surface area contributed by atoms with E-state index in [4.69, 9.17) is 0 Å². The molecule has 2 aromatic carbocycles. The number of rotatable bonds is 8. The number of quaternary nitrogens is 1. The molecule has 0 aliphatic carbocycles. The van der Waals surface area contributed by atoms with Gasteiger partial charge in [-0.25, -0.2) is 4.98 Å². The average molecular weight is 384 g/mol. The van der Waals surface area contributed by atoms with Gasteiger partial charge in [0, 0.05) is 12.1 Å². The molecule has 0 unspecified atom stereocenters. The fourth-order valence-corrected chi connectivity index (χ4v) is 3.75. The topological polar surface area (TPSA) is 62.2 Å². The van der Waals surface area contributed by atoms with Crippen molar-refractivity contribution in [1.82, 2.24) is 15.3 Å². The maximum absolute atomic E-state index is 12.3. The maximum Gasteiger partial charge on any atom is 0.230 e. The van der Waals surface area contributed by atoms with Crippen LogP contribution in [0.4, 0.5) is 0 Å². The Balaban J connectivity index is 1.51. The van der Waals surface area contributed by atoms with Crippen molar-refractivity contribution in [2.24, 2.45) is 0 Å². The molecule has 1 aromatic heterocycles. The Bertz CT molecular complexity index is 873. The molecule has 0 spiro atoms. The van der Waals surface area contributed by atoms with Crippen LogP contribution in [0.1, 0.15) is 29.1 Å². The van der Waals surface area contributed by atoms with Gasteiger partial charge in [-0.15, -0.1) is 11.8 Å². The maximum atomic E-state index is 12.3. The van der Waals surface area contributed by atoms with Crippen molar-refractivity contribution in [3.63, 3.8) is 0 Å². The average Bonchev–Trinajstić information content (AvgIpc) is 3.09. The summed E-state index contributed by atoms with van der Waals surface area (Å²) < 4.78 is 0. The number of para-hydroxylation sites is 2. The fourth-order valence-electron chi connectivity index (χ4n) is 2.97. The van der Waals surface area contributed by atoms with Gasteiger partial charge >= 0.3 is 0 Å². The fraction of sp³-hybridized carbons (Fsp3) is 0.333. The van der Waals surface area contributed by atoms with Gasteiger partial charge in [0.1, 0.15) is 12.4 Å². The third-order valence-corrected chi connectivity index (χ3v) is 5.55. The van der Waals surface area contributed by atoms with Gasteiger partial charge < -0.3 is 15.2 Å². The van der Waals surface area contributed by atoms with Crippen LogP contribution in [0.25, 0.3) is 11.0 Å². The lowest BCUT2D eigenvalue weighted by atomic mass is 10.1. The minimum atomic E-state index is 0.0509. The largest absolute Gasteiger partial charge is 0.351 e. The summed E-state index contributed by atoms with van der Waals surface area (Å²) in [5.74, 6) is 1.38. The number of nitrogens with zero attached hydrogens (tertiary/aromatic N) is 1. The molecule has 6 heteroatoms. The standard InChI is InChI=1S/C21H26N4OS/c1-15(21-23-18-10-6-7-11-19(18)24-21)27-14-20(26)22-12-16-8-4-5-9-17(16)13-25(2)3/h4-11,15H,12-14H2,1-3H3,(H,22,26)(H,23,24)/p+1/t15-/m1/s1. The van der Waals surface area contributed by atoms with Crippen molar-refractivity contribution >= 4 is 28.7 Å². The molecule has 3 N–H and O–H groups in total. The van der Waals surface area contributed by atoms with Gasteiger partial charge in [-0.3, -0.25) is 4.79 Å². The summed E-state index contributed by atoms with van der Waals surface area (Å²) >= 11 is 1.59. The monoisotopic (exact) mass is 383 g/mol. The molecule has 27 heavy (non-hydrogen) atoms. The molecule has 5 nitrogen and oxygen atoms in total. The Labute approximate surface area is 164 Å². The molecule has 3 aromatic rings. The van der Waals surface area contributed by atoms with Crippen LogP contribution >= 0.6 is 11.8 Å². The molecule has 1 heterocycles. The van der Waals surface area contributed by atoms with Crippen LogP contribution in [-0.2, 0) is 17.9 Å². The zero-order valence-electron chi connectivity index (χ0n) is 16.1. The lowest BCUT2D eigenvalue weighted by Crippen LogP contribution is -3.04. The van der Waals surface area contributed by atoms with Gasteiger partial charge in [-0.05, 0) is 24.6 Å². The number of hydrogen-bond acceptors (Lipinski definition) is 3. The molecule has 0 aliphatic heterocycles. The number of fused-ring (bicyclic) bond motifs is 1. The van der Waals surface area contributed by atoms with E-state index in [1.165, 1.54) is 16.0 Å². The molecule has 0 fully saturated rings. The van der Waals surface area contributed by atoms with Gasteiger partial charge in [0.25, 0.3) is 0 Å². The first-order valence-corrected chi connectivity index (χ1v) is 10.3. The van der Waals surface area contributed by atoms with Gasteiger partial charge in [0.15, 0.2) is 0 Å². The molecule has 1 atom stereocenters. The highest BCUT2D eigenvalue weighted by molar-refractivity contribution is 8.00. The zero-order valence-corrected chi connectivity index (χ0v) is 16.9. The summed E-state index contributed by atoms with van der Waals surface area (Å²) in [7, 11) is 4.26.